The number of hydrogen-bond acceptors (Lipinski definition) is 3. The van der Waals surface area contributed by atoms with Crippen molar-refractivity contribution >= 4 is 28.3 Å². The summed E-state index contributed by atoms with van der Waals surface area (Å²) < 4.78 is 0. The van der Waals surface area contributed by atoms with Gasteiger partial charge in [-0.05, 0) is 29.8 Å². The number of nitrogen functional groups attached to an aromatic ring is 1. The Morgan fingerprint density at radius 1 is 1.21 bits per heavy atom. The Hall–Kier alpha value is -2.56. The number of carboxylic acids is 1. The Balaban J connectivity index is 2.36. The summed E-state index contributed by atoms with van der Waals surface area (Å²) in [5.41, 5.74) is 6.44. The van der Waals surface area contributed by atoms with Gasteiger partial charge in [-0.1, -0.05) is 24.3 Å². The third kappa shape index (κ3) is 2.65. The second-order valence-corrected chi connectivity index (χ2v) is 4.32. The van der Waals surface area contributed by atoms with Gasteiger partial charge in [0.15, 0.2) is 0 Å². The van der Waals surface area contributed by atoms with Gasteiger partial charge in [0.05, 0.1) is 5.56 Å². The molecule has 2 aromatic carbocycles. The zero-order chi connectivity index (χ0) is 14.0. The van der Waals surface area contributed by atoms with E-state index in [9.17, 15) is 9.59 Å². The highest BCUT2D eigenvalue weighted by atomic mass is 16.4. The number of amides is 1. The molecule has 0 aliphatic heterocycles. The van der Waals surface area contributed by atoms with Crippen LogP contribution < -0.4 is 11.1 Å². The zero-order valence-corrected chi connectivity index (χ0v) is 10.4. The molecule has 19 heavy (non-hydrogen) atoms. The molecule has 0 aliphatic rings. The lowest BCUT2D eigenvalue weighted by atomic mass is 10.0. The van der Waals surface area contributed by atoms with Crippen LogP contribution >= 0.6 is 0 Å². The van der Waals surface area contributed by atoms with Crippen molar-refractivity contribution in [3.8, 4) is 0 Å². The minimum atomic E-state index is -1.09. The van der Waals surface area contributed by atoms with Crippen LogP contribution in [0.25, 0.3) is 10.8 Å². The van der Waals surface area contributed by atoms with Crippen LogP contribution in [0.1, 0.15) is 17.3 Å². The predicted octanol–water partition coefficient (Wildman–Crippen LogP) is 1.62. The lowest BCUT2D eigenvalue weighted by Gasteiger charge is -2.11. The SMILES string of the molecule is CC(NC(=O)c1cc2ccccc2cc1N)C(=O)O. The summed E-state index contributed by atoms with van der Waals surface area (Å²) in [5.74, 6) is -1.58. The van der Waals surface area contributed by atoms with E-state index in [0.717, 1.165) is 10.8 Å². The maximum absolute atomic E-state index is 12.0. The molecule has 5 nitrogen and oxygen atoms in total. The van der Waals surface area contributed by atoms with E-state index in [-0.39, 0.29) is 5.56 Å². The molecule has 1 unspecified atom stereocenters. The number of benzene rings is 2. The number of carboxylic acid groups (broad SMARTS) is 1. The van der Waals surface area contributed by atoms with Gasteiger partial charge in [-0.2, -0.15) is 0 Å². The highest BCUT2D eigenvalue weighted by Crippen LogP contribution is 2.21. The average Bonchev–Trinajstić information content (AvgIpc) is 2.37. The van der Waals surface area contributed by atoms with E-state index < -0.39 is 17.9 Å². The number of fused-ring (bicyclic) bond motifs is 1. The van der Waals surface area contributed by atoms with Crippen LogP contribution in [0.3, 0.4) is 0 Å². The van der Waals surface area contributed by atoms with E-state index in [4.69, 9.17) is 10.8 Å². The Labute approximate surface area is 110 Å². The number of carbonyl (C=O) groups is 2. The Morgan fingerprint density at radius 2 is 1.79 bits per heavy atom. The molecule has 0 aliphatic carbocycles. The first-order valence-electron chi connectivity index (χ1n) is 5.81. The molecule has 1 atom stereocenters. The fraction of sp³-hybridized carbons (Fsp3) is 0.143. The summed E-state index contributed by atoms with van der Waals surface area (Å²) >= 11 is 0. The minimum absolute atomic E-state index is 0.284. The van der Waals surface area contributed by atoms with Crippen LogP contribution in [0.15, 0.2) is 36.4 Å². The third-order valence-electron chi connectivity index (χ3n) is 2.88. The molecule has 0 radical (unpaired) electrons. The summed E-state index contributed by atoms with van der Waals surface area (Å²) in [4.78, 5) is 22.7. The van der Waals surface area contributed by atoms with Gasteiger partial charge in [-0.15, -0.1) is 0 Å². The highest BCUT2D eigenvalue weighted by molar-refractivity contribution is 6.04. The van der Waals surface area contributed by atoms with Crippen molar-refractivity contribution in [3.05, 3.63) is 42.0 Å². The van der Waals surface area contributed by atoms with Crippen molar-refractivity contribution in [1.82, 2.24) is 5.32 Å². The first kappa shape index (κ1) is 12.9. The largest absolute Gasteiger partial charge is 0.480 e. The molecular weight excluding hydrogens is 244 g/mol. The summed E-state index contributed by atoms with van der Waals surface area (Å²) in [6, 6.07) is 9.91. The number of rotatable bonds is 3. The molecule has 4 N–H and O–H groups in total. The summed E-state index contributed by atoms with van der Waals surface area (Å²) in [6.45, 7) is 1.40. The minimum Gasteiger partial charge on any atom is -0.480 e. The third-order valence-corrected chi connectivity index (χ3v) is 2.88. The van der Waals surface area contributed by atoms with Crippen LogP contribution in [0.5, 0.6) is 0 Å². The molecule has 2 rings (SSSR count). The van der Waals surface area contributed by atoms with Crippen molar-refractivity contribution in [2.24, 2.45) is 0 Å². The average molecular weight is 258 g/mol. The van der Waals surface area contributed by atoms with E-state index in [1.54, 1.807) is 12.1 Å². The van der Waals surface area contributed by atoms with Gasteiger partial charge in [0.1, 0.15) is 6.04 Å². The molecule has 1 amide bonds. The molecule has 98 valence electrons. The maximum atomic E-state index is 12.0. The van der Waals surface area contributed by atoms with E-state index >= 15 is 0 Å². The van der Waals surface area contributed by atoms with Crippen molar-refractivity contribution < 1.29 is 14.7 Å². The van der Waals surface area contributed by atoms with Gasteiger partial charge in [0.2, 0.25) is 0 Å². The molecule has 0 saturated carbocycles. The highest BCUT2D eigenvalue weighted by Gasteiger charge is 2.17. The summed E-state index contributed by atoms with van der Waals surface area (Å²) in [5, 5.41) is 13.0. The first-order valence-corrected chi connectivity index (χ1v) is 5.81. The second kappa shape index (κ2) is 4.97. The molecule has 0 bridgehead atoms. The standard InChI is InChI=1S/C14H14N2O3/c1-8(14(18)19)16-13(17)11-6-9-4-2-3-5-10(9)7-12(11)15/h2-8H,15H2,1H3,(H,16,17)(H,18,19). The second-order valence-electron chi connectivity index (χ2n) is 4.32. The normalized spacial score (nSPS) is 12.1. The van der Waals surface area contributed by atoms with Crippen LogP contribution in [0.2, 0.25) is 0 Å². The van der Waals surface area contributed by atoms with Crippen molar-refractivity contribution in [2.75, 3.05) is 5.73 Å². The van der Waals surface area contributed by atoms with E-state index in [2.05, 4.69) is 5.32 Å². The fourth-order valence-electron chi connectivity index (χ4n) is 1.79. The number of anilines is 1. The van der Waals surface area contributed by atoms with Crippen molar-refractivity contribution in [3.63, 3.8) is 0 Å². The number of nitrogens with two attached hydrogens (primary N) is 1. The molecule has 0 spiro atoms. The Morgan fingerprint density at radius 3 is 2.37 bits per heavy atom. The van der Waals surface area contributed by atoms with Crippen LogP contribution in [-0.4, -0.2) is 23.0 Å². The maximum Gasteiger partial charge on any atom is 0.325 e. The van der Waals surface area contributed by atoms with Crippen LogP contribution in [0, 0.1) is 0 Å². The summed E-state index contributed by atoms with van der Waals surface area (Å²) in [6.07, 6.45) is 0. The van der Waals surface area contributed by atoms with Gasteiger partial charge < -0.3 is 16.2 Å². The molecule has 0 heterocycles. The molecule has 5 heteroatoms. The first-order chi connectivity index (χ1) is 8.99. The lowest BCUT2D eigenvalue weighted by molar-refractivity contribution is -0.138. The topological polar surface area (TPSA) is 92.4 Å². The lowest BCUT2D eigenvalue weighted by Crippen LogP contribution is -2.38. The van der Waals surface area contributed by atoms with Gasteiger partial charge in [-0.3, -0.25) is 9.59 Å². The molecule has 0 saturated heterocycles. The molecule has 0 aromatic heterocycles. The predicted molar refractivity (Wildman–Crippen MR) is 72.9 cm³/mol. The monoisotopic (exact) mass is 258 g/mol. The van der Waals surface area contributed by atoms with Gasteiger partial charge in [0, 0.05) is 5.69 Å². The van der Waals surface area contributed by atoms with E-state index in [1.165, 1.54) is 6.92 Å². The number of carbonyl (C=O) groups excluding carboxylic acids is 1. The van der Waals surface area contributed by atoms with Crippen molar-refractivity contribution in [1.29, 1.82) is 0 Å². The van der Waals surface area contributed by atoms with E-state index in [1.807, 2.05) is 24.3 Å². The van der Waals surface area contributed by atoms with E-state index in [0.29, 0.717) is 5.69 Å². The fourth-order valence-corrected chi connectivity index (χ4v) is 1.79. The van der Waals surface area contributed by atoms with Gasteiger partial charge >= 0.3 is 5.97 Å². The molecule has 2 aromatic rings. The molecular formula is C14H14N2O3. The zero-order valence-electron chi connectivity index (χ0n) is 10.4. The number of hydrogen-bond donors (Lipinski definition) is 3. The summed E-state index contributed by atoms with van der Waals surface area (Å²) in [7, 11) is 0. The quantitative estimate of drug-likeness (QED) is 0.729. The number of nitrogens with one attached hydrogen (secondary N) is 1. The Kier molecular flexibility index (Phi) is 3.37. The van der Waals surface area contributed by atoms with Crippen molar-refractivity contribution in [2.45, 2.75) is 13.0 Å². The van der Waals surface area contributed by atoms with Gasteiger partial charge in [0.25, 0.3) is 5.91 Å². The number of aliphatic carboxylic acids is 1. The van der Waals surface area contributed by atoms with Crippen LogP contribution in [-0.2, 0) is 4.79 Å². The Bertz CT molecular complexity index is 652. The van der Waals surface area contributed by atoms with Crippen LogP contribution in [0.4, 0.5) is 5.69 Å². The molecule has 0 fully saturated rings. The smallest absolute Gasteiger partial charge is 0.325 e. The van der Waals surface area contributed by atoms with Gasteiger partial charge in [-0.25, -0.2) is 0 Å².